The van der Waals surface area contributed by atoms with Gasteiger partial charge in [-0.25, -0.2) is 8.42 Å². The molecule has 2 atom stereocenters. The number of rotatable bonds is 3. The first kappa shape index (κ1) is 21.8. The maximum absolute atomic E-state index is 12.9. The minimum atomic E-state index is -3.44. The molecule has 0 aromatic carbocycles. The Morgan fingerprint density at radius 1 is 1.21 bits per heavy atom. The maximum atomic E-state index is 12.9. The van der Waals surface area contributed by atoms with E-state index in [9.17, 15) is 18.0 Å². The fourth-order valence-electron chi connectivity index (χ4n) is 4.41. The normalized spacial score (nSPS) is 24.7. The summed E-state index contributed by atoms with van der Waals surface area (Å²) in [5.74, 6) is 0.0903. The van der Waals surface area contributed by atoms with E-state index >= 15 is 0 Å². The monoisotopic (exact) mass is 426 g/mol. The minimum Gasteiger partial charge on any atom is -0.361 e. The Kier molecular flexibility index (Phi) is 6.62. The van der Waals surface area contributed by atoms with Crippen molar-refractivity contribution in [3.8, 4) is 0 Å². The van der Waals surface area contributed by atoms with E-state index in [1.54, 1.807) is 18.7 Å². The highest BCUT2D eigenvalue weighted by molar-refractivity contribution is 7.88. The number of nitrogens with zero attached hydrogens (tertiary/aromatic N) is 3. The molecule has 1 N–H and O–H groups in total. The third-order valence-electron chi connectivity index (χ3n) is 5.96. The van der Waals surface area contributed by atoms with Crippen molar-refractivity contribution < 1.29 is 22.5 Å². The fraction of sp³-hybridized carbons (Fsp3) is 0.737. The highest BCUT2D eigenvalue weighted by Crippen LogP contribution is 2.32. The Hall–Kier alpha value is -1.94. The molecule has 0 radical (unpaired) electrons. The number of amides is 2. The minimum absolute atomic E-state index is 0.0843. The lowest BCUT2D eigenvalue weighted by Crippen LogP contribution is -2.47. The molecule has 10 heteroatoms. The molecule has 1 saturated carbocycles. The van der Waals surface area contributed by atoms with Crippen LogP contribution in [-0.2, 0) is 26.0 Å². The number of fused-ring (bicyclic) bond motifs is 1. The summed E-state index contributed by atoms with van der Waals surface area (Å²) in [6.45, 7) is 5.07. The summed E-state index contributed by atoms with van der Waals surface area (Å²) >= 11 is 0. The highest BCUT2D eigenvalue weighted by atomic mass is 32.2. The van der Waals surface area contributed by atoms with Crippen LogP contribution >= 0.6 is 0 Å². The molecule has 29 heavy (non-hydrogen) atoms. The first-order valence-corrected chi connectivity index (χ1v) is 12.0. The second-order valence-corrected chi connectivity index (χ2v) is 9.92. The Bertz CT molecular complexity index is 846. The molecule has 0 spiro atoms. The van der Waals surface area contributed by atoms with Crippen molar-refractivity contribution in [2.75, 3.05) is 32.4 Å². The van der Waals surface area contributed by atoms with Crippen molar-refractivity contribution in [3.05, 3.63) is 17.0 Å². The summed E-state index contributed by atoms with van der Waals surface area (Å²) in [5, 5.41) is 6.80. The summed E-state index contributed by atoms with van der Waals surface area (Å²) in [4.78, 5) is 27.2. The first-order valence-electron chi connectivity index (χ1n) is 10.1. The Morgan fingerprint density at radius 3 is 2.62 bits per heavy atom. The van der Waals surface area contributed by atoms with Gasteiger partial charge in [-0.2, -0.15) is 4.31 Å². The fourth-order valence-corrected chi connectivity index (χ4v) is 5.61. The molecule has 1 saturated heterocycles. The molecule has 1 aromatic rings. The van der Waals surface area contributed by atoms with Gasteiger partial charge in [0.2, 0.25) is 21.8 Å². The molecule has 0 bridgehead atoms. The predicted octanol–water partition coefficient (Wildman–Crippen LogP) is 0.613. The molecule has 2 fully saturated rings. The molecule has 0 unspecified atom stereocenters. The smallest absolute Gasteiger partial charge is 0.227 e. The summed E-state index contributed by atoms with van der Waals surface area (Å²) < 4.78 is 31.4. The van der Waals surface area contributed by atoms with E-state index in [1.807, 2.05) is 0 Å². The second-order valence-electron chi connectivity index (χ2n) is 7.98. The van der Waals surface area contributed by atoms with Crippen LogP contribution in [0.4, 0.5) is 0 Å². The third-order valence-corrected chi connectivity index (χ3v) is 7.27. The van der Waals surface area contributed by atoms with Gasteiger partial charge in [-0.3, -0.25) is 9.59 Å². The molecule has 162 valence electrons. The van der Waals surface area contributed by atoms with Gasteiger partial charge in [-0.05, 0) is 33.1 Å². The van der Waals surface area contributed by atoms with Gasteiger partial charge in [0.05, 0.1) is 24.3 Å². The van der Waals surface area contributed by atoms with Gasteiger partial charge in [-0.1, -0.05) is 11.6 Å². The van der Waals surface area contributed by atoms with Crippen LogP contribution in [0.25, 0.3) is 0 Å². The molecule has 3 rings (SSSR count). The van der Waals surface area contributed by atoms with Crippen LogP contribution < -0.4 is 5.32 Å². The van der Waals surface area contributed by atoms with Crippen molar-refractivity contribution in [1.29, 1.82) is 0 Å². The maximum Gasteiger partial charge on any atom is 0.227 e. The number of hydrogen-bond donors (Lipinski definition) is 1. The van der Waals surface area contributed by atoms with Crippen molar-refractivity contribution in [2.45, 2.75) is 52.0 Å². The quantitative estimate of drug-likeness (QED) is 0.758. The van der Waals surface area contributed by atoms with Crippen LogP contribution in [-0.4, -0.2) is 73.1 Å². The van der Waals surface area contributed by atoms with Crippen molar-refractivity contribution in [1.82, 2.24) is 19.7 Å². The van der Waals surface area contributed by atoms with E-state index in [0.717, 1.165) is 12.0 Å². The van der Waals surface area contributed by atoms with Crippen LogP contribution in [0.15, 0.2) is 4.52 Å². The molecular formula is C19H30N4O5S. The average molecular weight is 427 g/mol. The summed E-state index contributed by atoms with van der Waals surface area (Å²) in [5.41, 5.74) is 1.47. The van der Waals surface area contributed by atoms with E-state index < -0.39 is 10.0 Å². The SMILES string of the molecule is Cc1noc(C)c1CC(=O)N1CCCN(S(C)(=O)=O)[C@H]2CCC[C@H]2C(=O)NCC1. The zero-order chi connectivity index (χ0) is 21.2. The van der Waals surface area contributed by atoms with E-state index in [2.05, 4.69) is 10.5 Å². The number of carbonyl (C=O) groups is 2. The number of sulfonamides is 1. The molecule has 9 nitrogen and oxygen atoms in total. The summed E-state index contributed by atoms with van der Waals surface area (Å²) in [6.07, 6.45) is 4.13. The lowest BCUT2D eigenvalue weighted by Gasteiger charge is -2.30. The van der Waals surface area contributed by atoms with Crippen LogP contribution in [0, 0.1) is 19.8 Å². The topological polar surface area (TPSA) is 113 Å². The number of aryl methyl sites for hydroxylation is 2. The Labute approximate surface area is 171 Å². The lowest BCUT2D eigenvalue weighted by molar-refractivity contribution is -0.131. The van der Waals surface area contributed by atoms with Gasteiger partial charge in [0.15, 0.2) is 0 Å². The number of aromatic nitrogens is 1. The number of nitrogens with one attached hydrogen (secondary N) is 1. The second kappa shape index (κ2) is 8.83. The molecule has 1 aromatic heterocycles. The molecular weight excluding hydrogens is 396 g/mol. The number of hydrogen-bond acceptors (Lipinski definition) is 6. The largest absolute Gasteiger partial charge is 0.361 e. The Balaban J connectivity index is 1.75. The zero-order valence-corrected chi connectivity index (χ0v) is 18.1. The van der Waals surface area contributed by atoms with E-state index in [1.165, 1.54) is 10.6 Å². The molecule has 2 aliphatic rings. The van der Waals surface area contributed by atoms with Gasteiger partial charge in [0.25, 0.3) is 0 Å². The van der Waals surface area contributed by atoms with Crippen molar-refractivity contribution in [3.63, 3.8) is 0 Å². The van der Waals surface area contributed by atoms with E-state index in [4.69, 9.17) is 4.52 Å². The Morgan fingerprint density at radius 2 is 1.97 bits per heavy atom. The van der Waals surface area contributed by atoms with Crippen molar-refractivity contribution in [2.24, 2.45) is 5.92 Å². The average Bonchev–Trinajstić information content (AvgIpc) is 3.23. The van der Waals surface area contributed by atoms with Gasteiger partial charge in [0.1, 0.15) is 5.76 Å². The molecule has 2 heterocycles. The van der Waals surface area contributed by atoms with Crippen LogP contribution in [0.1, 0.15) is 42.7 Å². The zero-order valence-electron chi connectivity index (χ0n) is 17.3. The highest BCUT2D eigenvalue weighted by Gasteiger charge is 2.40. The first-order chi connectivity index (χ1) is 13.7. The van der Waals surface area contributed by atoms with Gasteiger partial charge < -0.3 is 14.7 Å². The predicted molar refractivity (Wildman–Crippen MR) is 107 cm³/mol. The van der Waals surface area contributed by atoms with Crippen LogP contribution in [0.2, 0.25) is 0 Å². The third kappa shape index (κ3) is 4.98. The van der Waals surface area contributed by atoms with Crippen molar-refractivity contribution >= 4 is 21.8 Å². The van der Waals surface area contributed by atoms with Gasteiger partial charge in [-0.15, -0.1) is 0 Å². The number of carbonyl (C=O) groups excluding carboxylic acids is 2. The van der Waals surface area contributed by atoms with Gasteiger partial charge in [0, 0.05) is 37.8 Å². The van der Waals surface area contributed by atoms with E-state index in [0.29, 0.717) is 56.9 Å². The molecule has 1 aliphatic heterocycles. The van der Waals surface area contributed by atoms with Crippen LogP contribution in [0.5, 0.6) is 0 Å². The summed E-state index contributed by atoms with van der Waals surface area (Å²) in [7, 11) is -3.44. The molecule has 2 amide bonds. The lowest BCUT2D eigenvalue weighted by atomic mass is 10.0. The standard InChI is InChI=1S/C19H30N4O5S/c1-13-16(14(2)28-21-13)12-18(24)22-9-5-10-23(29(3,26)27)17-7-4-6-15(17)19(25)20-8-11-22/h15,17H,4-12H2,1-3H3,(H,20,25)/t15-,17+/m1/s1. The summed E-state index contributed by atoms with van der Waals surface area (Å²) in [6, 6.07) is -0.297. The van der Waals surface area contributed by atoms with Gasteiger partial charge >= 0.3 is 0 Å². The van der Waals surface area contributed by atoms with E-state index in [-0.39, 0.29) is 30.2 Å². The van der Waals surface area contributed by atoms with Crippen LogP contribution in [0.3, 0.4) is 0 Å². The molecule has 1 aliphatic carbocycles.